The Balaban J connectivity index is 1.34. The molecule has 144 valence electrons. The maximum atomic E-state index is 12.9. The molecule has 1 aromatic heterocycles. The summed E-state index contributed by atoms with van der Waals surface area (Å²) in [7, 11) is 0. The minimum Gasteiger partial charge on any atom is -0.370 e. The highest BCUT2D eigenvalue weighted by atomic mass is 32.1. The van der Waals surface area contributed by atoms with Crippen LogP contribution >= 0.6 is 11.5 Å². The van der Waals surface area contributed by atoms with Gasteiger partial charge in [-0.15, -0.1) is 0 Å². The standard InChI is InChI=1S/C20H27N5OS/c26-20(22-17-13-24-9-4-14(17)5-10-24)19-16-3-2-15(12-18(16)27-23-19)25-8-1-6-21-7-11-25/h2-3,12,14,17,21H,1,4-11,13H2,(H,22,26)/t17-/m1/s1. The SMILES string of the molecule is O=C(N[C@@H]1CN2CCC1CC2)c1nsc2cc(N3CCCNCC3)ccc12. The molecule has 1 atom stereocenters. The van der Waals surface area contributed by atoms with Gasteiger partial charge in [-0.3, -0.25) is 4.79 Å². The number of hydrogen-bond donors (Lipinski definition) is 2. The van der Waals surface area contributed by atoms with Crippen molar-refractivity contribution >= 4 is 33.2 Å². The van der Waals surface area contributed by atoms with Gasteiger partial charge in [-0.05, 0) is 74.5 Å². The van der Waals surface area contributed by atoms with Gasteiger partial charge in [0.1, 0.15) is 5.69 Å². The first-order valence-electron chi connectivity index (χ1n) is 10.2. The molecule has 6 nitrogen and oxygen atoms in total. The van der Waals surface area contributed by atoms with Crippen molar-refractivity contribution in [3.63, 3.8) is 0 Å². The molecule has 0 spiro atoms. The summed E-state index contributed by atoms with van der Waals surface area (Å²) in [6.45, 7) is 7.57. The van der Waals surface area contributed by atoms with Gasteiger partial charge in [0.15, 0.2) is 0 Å². The molecular formula is C20H27N5OS. The maximum absolute atomic E-state index is 12.9. The van der Waals surface area contributed by atoms with E-state index in [1.54, 1.807) is 0 Å². The van der Waals surface area contributed by atoms with Crippen LogP contribution in [0.5, 0.6) is 0 Å². The predicted molar refractivity (Wildman–Crippen MR) is 110 cm³/mol. The Hall–Kier alpha value is -1.70. The zero-order valence-electron chi connectivity index (χ0n) is 15.6. The van der Waals surface area contributed by atoms with E-state index in [1.165, 1.54) is 43.2 Å². The molecule has 5 heterocycles. The number of benzene rings is 1. The average molecular weight is 386 g/mol. The van der Waals surface area contributed by atoms with Crippen LogP contribution in [0.15, 0.2) is 18.2 Å². The zero-order valence-corrected chi connectivity index (χ0v) is 16.4. The molecule has 0 unspecified atom stereocenters. The van der Waals surface area contributed by atoms with Gasteiger partial charge in [-0.2, -0.15) is 4.37 Å². The second kappa shape index (κ2) is 7.37. The van der Waals surface area contributed by atoms with E-state index >= 15 is 0 Å². The van der Waals surface area contributed by atoms with E-state index in [0.717, 1.165) is 49.2 Å². The second-order valence-electron chi connectivity index (χ2n) is 8.02. The number of nitrogens with one attached hydrogen (secondary N) is 2. The first kappa shape index (κ1) is 17.4. The number of hydrogen-bond acceptors (Lipinski definition) is 6. The highest BCUT2D eigenvalue weighted by molar-refractivity contribution is 7.13. The summed E-state index contributed by atoms with van der Waals surface area (Å²) >= 11 is 1.44. The van der Waals surface area contributed by atoms with Gasteiger partial charge in [-0.1, -0.05) is 0 Å². The minimum atomic E-state index is -0.00766. The van der Waals surface area contributed by atoms with Crippen LogP contribution < -0.4 is 15.5 Å². The van der Waals surface area contributed by atoms with Gasteiger partial charge in [0.2, 0.25) is 0 Å². The molecule has 6 rings (SSSR count). The molecule has 1 aromatic carbocycles. The van der Waals surface area contributed by atoms with Crippen LogP contribution in [-0.4, -0.2) is 67.0 Å². The van der Waals surface area contributed by atoms with Crippen LogP contribution in [0.1, 0.15) is 29.8 Å². The minimum absolute atomic E-state index is 0.00766. The lowest BCUT2D eigenvalue weighted by molar-refractivity contribution is 0.0619. The second-order valence-corrected chi connectivity index (χ2v) is 8.83. The number of anilines is 1. The third-order valence-electron chi connectivity index (χ3n) is 6.35. The van der Waals surface area contributed by atoms with Gasteiger partial charge >= 0.3 is 0 Å². The molecule has 2 N–H and O–H groups in total. The number of rotatable bonds is 3. The van der Waals surface area contributed by atoms with E-state index in [-0.39, 0.29) is 11.9 Å². The number of amides is 1. The Kier molecular flexibility index (Phi) is 4.75. The van der Waals surface area contributed by atoms with Gasteiger partial charge in [0.25, 0.3) is 5.91 Å². The van der Waals surface area contributed by atoms with Crippen LogP contribution in [0.25, 0.3) is 10.1 Å². The molecule has 4 fully saturated rings. The summed E-state index contributed by atoms with van der Waals surface area (Å²) in [5, 5.41) is 7.70. The number of fused-ring (bicyclic) bond motifs is 4. The molecule has 1 amide bonds. The lowest BCUT2D eigenvalue weighted by atomic mass is 9.84. The molecule has 0 saturated carbocycles. The molecule has 4 aliphatic rings. The molecule has 4 aliphatic heterocycles. The number of aromatic nitrogens is 1. The van der Waals surface area contributed by atoms with Crippen molar-refractivity contribution in [1.29, 1.82) is 0 Å². The first-order chi connectivity index (χ1) is 13.3. The molecule has 2 aromatic rings. The molecule has 0 aliphatic carbocycles. The highest BCUT2D eigenvalue weighted by Crippen LogP contribution is 2.30. The van der Waals surface area contributed by atoms with E-state index in [0.29, 0.717) is 11.6 Å². The van der Waals surface area contributed by atoms with Gasteiger partial charge in [0.05, 0.1) is 4.70 Å². The quantitative estimate of drug-likeness (QED) is 0.845. The highest BCUT2D eigenvalue weighted by Gasteiger charge is 2.35. The van der Waals surface area contributed by atoms with E-state index < -0.39 is 0 Å². The van der Waals surface area contributed by atoms with E-state index in [2.05, 4.69) is 43.0 Å². The van der Waals surface area contributed by atoms with Crippen LogP contribution in [0, 0.1) is 5.92 Å². The fourth-order valence-electron chi connectivity index (χ4n) is 4.76. The molecule has 2 bridgehead atoms. The number of piperidine rings is 3. The summed E-state index contributed by atoms with van der Waals surface area (Å²) in [6.07, 6.45) is 3.57. The van der Waals surface area contributed by atoms with Gasteiger partial charge < -0.3 is 20.4 Å². The lowest BCUT2D eigenvalue weighted by Gasteiger charge is -2.44. The largest absolute Gasteiger partial charge is 0.370 e. The van der Waals surface area contributed by atoms with Crippen molar-refractivity contribution in [1.82, 2.24) is 19.9 Å². The fraction of sp³-hybridized carbons (Fsp3) is 0.600. The Labute approximate surface area is 164 Å². The molecule has 27 heavy (non-hydrogen) atoms. The number of carbonyl (C=O) groups excluding carboxylic acids is 1. The van der Waals surface area contributed by atoms with Crippen molar-refractivity contribution in [2.24, 2.45) is 5.92 Å². The van der Waals surface area contributed by atoms with Crippen molar-refractivity contribution in [2.45, 2.75) is 25.3 Å². The Morgan fingerprint density at radius 2 is 2.07 bits per heavy atom. The van der Waals surface area contributed by atoms with Crippen molar-refractivity contribution in [3.8, 4) is 0 Å². The van der Waals surface area contributed by atoms with Crippen molar-refractivity contribution in [2.75, 3.05) is 50.7 Å². The average Bonchev–Trinajstić information content (AvgIpc) is 2.94. The summed E-state index contributed by atoms with van der Waals surface area (Å²) in [6, 6.07) is 6.70. The maximum Gasteiger partial charge on any atom is 0.271 e. The Morgan fingerprint density at radius 1 is 1.19 bits per heavy atom. The van der Waals surface area contributed by atoms with Crippen LogP contribution in [-0.2, 0) is 0 Å². The first-order valence-corrected chi connectivity index (χ1v) is 10.9. The third-order valence-corrected chi connectivity index (χ3v) is 7.16. The summed E-state index contributed by atoms with van der Waals surface area (Å²) in [5.74, 6) is 0.624. The van der Waals surface area contributed by atoms with Crippen molar-refractivity contribution < 1.29 is 4.79 Å². The van der Waals surface area contributed by atoms with Gasteiger partial charge in [0, 0.05) is 43.3 Å². The normalized spacial score (nSPS) is 28.3. The molecule has 7 heteroatoms. The Morgan fingerprint density at radius 3 is 2.89 bits per heavy atom. The van der Waals surface area contributed by atoms with Crippen molar-refractivity contribution in [3.05, 3.63) is 23.9 Å². The Bertz CT molecular complexity index is 821. The lowest BCUT2D eigenvalue weighted by Crippen LogP contribution is -2.57. The summed E-state index contributed by atoms with van der Waals surface area (Å²) < 4.78 is 5.61. The van der Waals surface area contributed by atoms with E-state index in [9.17, 15) is 4.79 Å². The molecule has 0 radical (unpaired) electrons. The monoisotopic (exact) mass is 385 g/mol. The number of nitrogens with zero attached hydrogens (tertiary/aromatic N) is 3. The van der Waals surface area contributed by atoms with Crippen LogP contribution in [0.3, 0.4) is 0 Å². The molecule has 4 saturated heterocycles. The zero-order chi connectivity index (χ0) is 18.2. The van der Waals surface area contributed by atoms with Gasteiger partial charge in [-0.25, -0.2) is 0 Å². The molecular weight excluding hydrogens is 358 g/mol. The number of carbonyl (C=O) groups is 1. The van der Waals surface area contributed by atoms with Crippen LogP contribution in [0.4, 0.5) is 5.69 Å². The summed E-state index contributed by atoms with van der Waals surface area (Å²) in [4.78, 5) is 17.8. The topological polar surface area (TPSA) is 60.5 Å². The third kappa shape index (κ3) is 3.44. The summed E-state index contributed by atoms with van der Waals surface area (Å²) in [5.41, 5.74) is 1.83. The predicted octanol–water partition coefficient (Wildman–Crippen LogP) is 1.92. The van der Waals surface area contributed by atoms with E-state index in [4.69, 9.17) is 0 Å². The van der Waals surface area contributed by atoms with E-state index in [1.807, 2.05) is 0 Å². The van der Waals surface area contributed by atoms with Crippen LogP contribution in [0.2, 0.25) is 0 Å². The smallest absolute Gasteiger partial charge is 0.271 e. The fourth-order valence-corrected chi connectivity index (χ4v) is 5.56.